The highest BCUT2D eigenvalue weighted by Gasteiger charge is 2.10. The number of nitrogens with one attached hydrogen (secondary N) is 3. The molecular weight excluding hydrogens is 386 g/mol. The van der Waals surface area contributed by atoms with E-state index in [0.29, 0.717) is 22.9 Å². The van der Waals surface area contributed by atoms with Gasteiger partial charge in [-0.15, -0.1) is 11.3 Å². The number of anilines is 3. The summed E-state index contributed by atoms with van der Waals surface area (Å²) in [5.41, 5.74) is 1.48. The summed E-state index contributed by atoms with van der Waals surface area (Å²) in [5, 5.41) is 9.95. The summed E-state index contributed by atoms with van der Waals surface area (Å²) in [7, 11) is 0. The molecular formula is C19H16F2N4O2S. The van der Waals surface area contributed by atoms with E-state index in [1.807, 2.05) is 18.2 Å². The van der Waals surface area contributed by atoms with Crippen molar-refractivity contribution in [3.05, 3.63) is 71.2 Å². The van der Waals surface area contributed by atoms with Gasteiger partial charge in [0.25, 0.3) is 0 Å². The first-order valence-corrected chi connectivity index (χ1v) is 9.20. The normalized spacial score (nSPS) is 10.4. The molecule has 3 N–H and O–H groups in total. The quantitative estimate of drug-likeness (QED) is 0.562. The summed E-state index contributed by atoms with van der Waals surface area (Å²) in [5.74, 6) is -2.35. The van der Waals surface area contributed by atoms with Crippen molar-refractivity contribution >= 4 is 39.8 Å². The predicted octanol–water partition coefficient (Wildman–Crippen LogP) is 4.64. The molecule has 6 nitrogen and oxygen atoms in total. The fourth-order valence-corrected chi connectivity index (χ4v) is 3.04. The molecule has 0 saturated carbocycles. The molecule has 0 aliphatic heterocycles. The summed E-state index contributed by atoms with van der Waals surface area (Å²) < 4.78 is 26.0. The zero-order chi connectivity index (χ0) is 19.9. The molecule has 0 fully saturated rings. The molecule has 0 saturated heterocycles. The molecule has 28 heavy (non-hydrogen) atoms. The Balaban J connectivity index is 1.46. The highest BCUT2D eigenvalue weighted by Crippen LogP contribution is 2.18. The minimum atomic E-state index is -1.03. The van der Waals surface area contributed by atoms with Gasteiger partial charge in [-0.25, -0.2) is 18.6 Å². The lowest BCUT2D eigenvalue weighted by Gasteiger charge is -2.05. The van der Waals surface area contributed by atoms with Crippen LogP contribution >= 0.6 is 11.3 Å². The standard InChI is InChI=1S/C19H16F2N4O2S/c20-15-8-6-13(10-16(15)21)22-17(26)9-7-14-11-28-19(24-14)25-18(27)23-12-4-2-1-3-5-12/h1-6,8,10-11H,7,9H2,(H,22,26)(H2,23,24,25,27). The summed E-state index contributed by atoms with van der Waals surface area (Å²) in [6.45, 7) is 0. The van der Waals surface area contributed by atoms with Crippen molar-refractivity contribution in [1.29, 1.82) is 0 Å². The zero-order valence-corrected chi connectivity index (χ0v) is 15.4. The molecule has 2 aromatic carbocycles. The van der Waals surface area contributed by atoms with Crippen LogP contribution in [0.3, 0.4) is 0 Å². The van der Waals surface area contributed by atoms with Gasteiger partial charge in [0, 0.05) is 29.2 Å². The zero-order valence-electron chi connectivity index (χ0n) is 14.5. The maximum atomic E-state index is 13.2. The van der Waals surface area contributed by atoms with E-state index in [1.165, 1.54) is 17.4 Å². The smallest absolute Gasteiger partial charge is 0.325 e. The number of halogens is 2. The third-order valence-corrected chi connectivity index (χ3v) is 4.42. The molecule has 3 amide bonds. The van der Waals surface area contributed by atoms with Crippen LogP contribution in [0.5, 0.6) is 0 Å². The molecule has 0 aliphatic carbocycles. The number of urea groups is 1. The molecule has 1 aromatic heterocycles. The first kappa shape index (κ1) is 19.4. The van der Waals surface area contributed by atoms with E-state index in [9.17, 15) is 18.4 Å². The maximum absolute atomic E-state index is 13.2. The number of thiazole rings is 1. The molecule has 0 radical (unpaired) electrons. The van der Waals surface area contributed by atoms with Crippen LogP contribution in [-0.2, 0) is 11.2 Å². The van der Waals surface area contributed by atoms with Crippen LogP contribution in [-0.4, -0.2) is 16.9 Å². The molecule has 9 heteroatoms. The van der Waals surface area contributed by atoms with E-state index in [1.54, 1.807) is 17.5 Å². The number of carbonyl (C=O) groups excluding carboxylic acids is 2. The largest absolute Gasteiger partial charge is 0.326 e. The first-order chi connectivity index (χ1) is 13.5. The monoisotopic (exact) mass is 402 g/mol. The fourth-order valence-electron chi connectivity index (χ4n) is 2.30. The average Bonchev–Trinajstić information content (AvgIpc) is 3.11. The number of nitrogens with zero attached hydrogens (tertiary/aromatic N) is 1. The first-order valence-electron chi connectivity index (χ1n) is 8.32. The van der Waals surface area contributed by atoms with Crippen LogP contribution in [0.4, 0.5) is 30.1 Å². The average molecular weight is 402 g/mol. The van der Waals surface area contributed by atoms with E-state index < -0.39 is 17.7 Å². The van der Waals surface area contributed by atoms with E-state index in [-0.39, 0.29) is 18.0 Å². The Morgan fingerprint density at radius 1 is 0.929 bits per heavy atom. The van der Waals surface area contributed by atoms with Crippen LogP contribution in [0, 0.1) is 11.6 Å². The van der Waals surface area contributed by atoms with Gasteiger partial charge in [0.2, 0.25) is 5.91 Å². The SMILES string of the molecule is O=C(CCc1csc(NC(=O)Nc2ccccc2)n1)Nc1ccc(F)c(F)c1. The summed E-state index contributed by atoms with van der Waals surface area (Å²) in [6.07, 6.45) is 0.451. The number of para-hydroxylation sites is 1. The van der Waals surface area contributed by atoms with Crippen molar-refractivity contribution in [2.24, 2.45) is 0 Å². The Morgan fingerprint density at radius 3 is 2.46 bits per heavy atom. The Morgan fingerprint density at radius 2 is 1.71 bits per heavy atom. The minimum absolute atomic E-state index is 0.110. The van der Waals surface area contributed by atoms with Crippen LogP contribution in [0.15, 0.2) is 53.9 Å². The van der Waals surface area contributed by atoms with Crippen molar-refractivity contribution in [2.45, 2.75) is 12.8 Å². The van der Waals surface area contributed by atoms with Crippen molar-refractivity contribution < 1.29 is 18.4 Å². The summed E-state index contributed by atoms with van der Waals surface area (Å²) in [4.78, 5) is 28.1. The number of hydrogen-bond acceptors (Lipinski definition) is 4. The van der Waals surface area contributed by atoms with Crippen LogP contribution in [0.2, 0.25) is 0 Å². The second-order valence-corrected chi connectivity index (χ2v) is 6.62. The van der Waals surface area contributed by atoms with Gasteiger partial charge >= 0.3 is 6.03 Å². The Hall–Kier alpha value is -3.33. The maximum Gasteiger partial charge on any atom is 0.325 e. The van der Waals surface area contributed by atoms with E-state index in [0.717, 1.165) is 12.1 Å². The second kappa shape index (κ2) is 9.05. The fraction of sp³-hybridized carbons (Fsp3) is 0.105. The molecule has 1 heterocycles. The number of hydrogen-bond donors (Lipinski definition) is 3. The molecule has 3 aromatic rings. The lowest BCUT2D eigenvalue weighted by Crippen LogP contribution is -2.19. The lowest BCUT2D eigenvalue weighted by atomic mass is 10.2. The topological polar surface area (TPSA) is 83.1 Å². The van der Waals surface area contributed by atoms with Crippen LogP contribution in [0.25, 0.3) is 0 Å². The highest BCUT2D eigenvalue weighted by molar-refractivity contribution is 7.13. The second-order valence-electron chi connectivity index (χ2n) is 5.77. The van der Waals surface area contributed by atoms with Crippen molar-refractivity contribution in [1.82, 2.24) is 4.98 Å². The van der Waals surface area contributed by atoms with Crippen LogP contribution < -0.4 is 16.0 Å². The van der Waals surface area contributed by atoms with Gasteiger partial charge in [0.1, 0.15) is 0 Å². The number of aryl methyl sites for hydroxylation is 1. The van der Waals surface area contributed by atoms with Crippen molar-refractivity contribution in [3.63, 3.8) is 0 Å². The van der Waals surface area contributed by atoms with E-state index >= 15 is 0 Å². The van der Waals surface area contributed by atoms with Gasteiger partial charge in [0.05, 0.1) is 5.69 Å². The molecule has 0 aliphatic rings. The van der Waals surface area contributed by atoms with Crippen molar-refractivity contribution in [2.75, 3.05) is 16.0 Å². The summed E-state index contributed by atoms with van der Waals surface area (Å²) >= 11 is 1.24. The van der Waals surface area contributed by atoms with Crippen molar-refractivity contribution in [3.8, 4) is 0 Å². The minimum Gasteiger partial charge on any atom is -0.326 e. The number of rotatable bonds is 6. The molecule has 144 valence electrons. The highest BCUT2D eigenvalue weighted by atomic mass is 32.1. The predicted molar refractivity (Wildman–Crippen MR) is 105 cm³/mol. The number of carbonyl (C=O) groups is 2. The number of aromatic nitrogens is 1. The third-order valence-electron chi connectivity index (χ3n) is 3.62. The number of benzene rings is 2. The number of amides is 3. The lowest BCUT2D eigenvalue weighted by molar-refractivity contribution is -0.116. The van der Waals surface area contributed by atoms with Gasteiger partial charge in [-0.2, -0.15) is 0 Å². The molecule has 0 atom stereocenters. The Kier molecular flexibility index (Phi) is 6.28. The van der Waals surface area contributed by atoms with Gasteiger partial charge in [-0.1, -0.05) is 18.2 Å². The van der Waals surface area contributed by atoms with Gasteiger partial charge in [0.15, 0.2) is 16.8 Å². The Bertz CT molecular complexity index is 979. The van der Waals surface area contributed by atoms with Gasteiger partial charge in [-0.3, -0.25) is 10.1 Å². The molecule has 0 spiro atoms. The molecule has 3 rings (SSSR count). The molecule has 0 bridgehead atoms. The van der Waals surface area contributed by atoms with Gasteiger partial charge in [-0.05, 0) is 30.7 Å². The Labute approximate surface area is 163 Å². The van der Waals surface area contributed by atoms with E-state index in [4.69, 9.17) is 0 Å². The third kappa shape index (κ3) is 5.58. The van der Waals surface area contributed by atoms with Crippen LogP contribution in [0.1, 0.15) is 12.1 Å². The van der Waals surface area contributed by atoms with Gasteiger partial charge < -0.3 is 10.6 Å². The van der Waals surface area contributed by atoms with E-state index in [2.05, 4.69) is 20.9 Å². The molecule has 0 unspecified atom stereocenters. The summed E-state index contributed by atoms with van der Waals surface area (Å²) in [6, 6.07) is 11.7.